The van der Waals surface area contributed by atoms with Crippen LogP contribution in [0.2, 0.25) is 0 Å². The van der Waals surface area contributed by atoms with Gasteiger partial charge in [-0.3, -0.25) is 4.99 Å². The van der Waals surface area contributed by atoms with Gasteiger partial charge in [0, 0.05) is 13.6 Å². The first kappa shape index (κ1) is 24.1. The Morgan fingerprint density at radius 2 is 1.82 bits per heavy atom. The number of phenolic OH excluding ortho intramolecular Hbond substituents is 1. The summed E-state index contributed by atoms with van der Waals surface area (Å²) in [6.45, 7) is 2.45. The van der Waals surface area contributed by atoms with Crippen LogP contribution >= 0.6 is 24.0 Å². The van der Waals surface area contributed by atoms with Gasteiger partial charge >= 0.3 is 6.18 Å². The minimum Gasteiger partial charge on any atom is -0.508 e. The van der Waals surface area contributed by atoms with Crippen molar-refractivity contribution in [2.24, 2.45) is 4.99 Å². The highest BCUT2D eigenvalue weighted by Gasteiger charge is 2.30. The maximum absolute atomic E-state index is 12.9. The molecule has 0 aromatic heterocycles. The predicted octanol–water partition coefficient (Wildman–Crippen LogP) is 4.89. The number of phenols is 1. The number of aryl methyl sites for hydroxylation is 1. The van der Waals surface area contributed by atoms with E-state index in [1.165, 1.54) is 6.07 Å². The third kappa shape index (κ3) is 7.57. The molecule has 154 valence electrons. The van der Waals surface area contributed by atoms with Crippen molar-refractivity contribution in [3.05, 3.63) is 65.2 Å². The number of guanidine groups is 1. The van der Waals surface area contributed by atoms with Gasteiger partial charge in [-0.1, -0.05) is 24.3 Å². The lowest BCUT2D eigenvalue weighted by Crippen LogP contribution is -2.39. The second kappa shape index (κ2) is 11.1. The number of hydrogen-bond acceptors (Lipinski definition) is 2. The summed E-state index contributed by atoms with van der Waals surface area (Å²) in [5.74, 6) is 0.774. The number of nitrogens with one attached hydrogen (secondary N) is 2. The Kier molecular flexibility index (Phi) is 9.57. The van der Waals surface area contributed by atoms with Crippen LogP contribution in [0.3, 0.4) is 0 Å². The number of halogens is 4. The molecule has 1 atom stereocenters. The van der Waals surface area contributed by atoms with E-state index in [1.807, 2.05) is 12.1 Å². The van der Waals surface area contributed by atoms with E-state index >= 15 is 0 Å². The topological polar surface area (TPSA) is 56.7 Å². The first-order valence-corrected chi connectivity index (χ1v) is 8.72. The van der Waals surface area contributed by atoms with E-state index in [2.05, 4.69) is 15.6 Å². The smallest absolute Gasteiger partial charge is 0.416 e. The zero-order valence-corrected chi connectivity index (χ0v) is 18.1. The van der Waals surface area contributed by atoms with Crippen molar-refractivity contribution in [3.63, 3.8) is 0 Å². The third-order valence-corrected chi connectivity index (χ3v) is 4.16. The fourth-order valence-corrected chi connectivity index (χ4v) is 2.63. The molecule has 2 aromatic carbocycles. The highest BCUT2D eigenvalue weighted by molar-refractivity contribution is 14.0. The van der Waals surface area contributed by atoms with Gasteiger partial charge in [0.25, 0.3) is 0 Å². The summed E-state index contributed by atoms with van der Waals surface area (Å²) in [7, 11) is 1.62. The van der Waals surface area contributed by atoms with Crippen LogP contribution in [0, 0.1) is 0 Å². The molecule has 0 radical (unpaired) electrons. The molecule has 0 saturated carbocycles. The number of hydrogen-bond donors (Lipinski definition) is 3. The van der Waals surface area contributed by atoms with E-state index in [0.717, 1.165) is 30.5 Å². The second-order valence-corrected chi connectivity index (χ2v) is 6.26. The zero-order valence-electron chi connectivity index (χ0n) is 15.8. The van der Waals surface area contributed by atoms with Crippen molar-refractivity contribution < 1.29 is 18.3 Å². The summed E-state index contributed by atoms with van der Waals surface area (Å²) < 4.78 is 38.6. The number of alkyl halides is 3. The molecule has 8 heteroatoms. The van der Waals surface area contributed by atoms with Gasteiger partial charge in [0.1, 0.15) is 5.75 Å². The van der Waals surface area contributed by atoms with Crippen LogP contribution in [-0.4, -0.2) is 24.7 Å². The molecule has 0 spiro atoms. The van der Waals surface area contributed by atoms with Crippen LogP contribution in [0.5, 0.6) is 5.75 Å². The van der Waals surface area contributed by atoms with Crippen LogP contribution in [0.1, 0.15) is 36.1 Å². The van der Waals surface area contributed by atoms with E-state index in [-0.39, 0.29) is 35.8 Å². The zero-order chi connectivity index (χ0) is 19.9. The van der Waals surface area contributed by atoms with Gasteiger partial charge < -0.3 is 15.7 Å². The molecule has 28 heavy (non-hydrogen) atoms. The van der Waals surface area contributed by atoms with Gasteiger partial charge in [-0.15, -0.1) is 24.0 Å². The first-order chi connectivity index (χ1) is 12.8. The van der Waals surface area contributed by atoms with E-state index in [4.69, 9.17) is 0 Å². The lowest BCUT2D eigenvalue weighted by atomic mass is 10.1. The Morgan fingerprint density at radius 1 is 1.14 bits per heavy atom. The molecule has 2 aromatic rings. The third-order valence-electron chi connectivity index (χ3n) is 4.16. The minimum absolute atomic E-state index is 0. The summed E-state index contributed by atoms with van der Waals surface area (Å²) in [6, 6.07) is 12.0. The first-order valence-electron chi connectivity index (χ1n) is 8.72. The SMILES string of the molecule is CN=C(NCCCc1ccc(O)cc1)NC(C)c1cccc(C(F)(F)F)c1.I. The normalized spacial score (nSPS) is 12.8. The monoisotopic (exact) mass is 507 g/mol. The molecular weight excluding hydrogens is 482 g/mol. The van der Waals surface area contributed by atoms with Crippen molar-refractivity contribution in [2.45, 2.75) is 32.0 Å². The number of nitrogens with zero attached hydrogens (tertiary/aromatic N) is 1. The van der Waals surface area contributed by atoms with Gasteiger partial charge in [-0.05, 0) is 55.2 Å². The molecule has 2 rings (SSSR count). The van der Waals surface area contributed by atoms with Crippen molar-refractivity contribution in [3.8, 4) is 5.75 Å². The molecule has 0 aliphatic rings. The summed E-state index contributed by atoms with van der Waals surface area (Å²) in [5, 5.41) is 15.5. The summed E-state index contributed by atoms with van der Waals surface area (Å²) in [6.07, 6.45) is -2.67. The lowest BCUT2D eigenvalue weighted by Gasteiger charge is -2.19. The minimum atomic E-state index is -4.36. The standard InChI is InChI=1S/C20H24F3N3O.HI/c1-14(16-6-3-7-17(13-16)20(21,22)23)26-19(24-2)25-12-4-5-15-8-10-18(27)11-9-15;/h3,6-11,13-14,27H,4-5,12H2,1-2H3,(H2,24,25,26);1H. The Labute approximate surface area is 180 Å². The maximum Gasteiger partial charge on any atom is 0.416 e. The van der Waals surface area contributed by atoms with Gasteiger partial charge in [0.15, 0.2) is 5.96 Å². The van der Waals surface area contributed by atoms with E-state index in [1.54, 1.807) is 32.2 Å². The van der Waals surface area contributed by atoms with Crippen LogP contribution in [-0.2, 0) is 12.6 Å². The molecule has 3 N–H and O–H groups in total. The van der Waals surface area contributed by atoms with Gasteiger partial charge in [-0.2, -0.15) is 13.2 Å². The van der Waals surface area contributed by atoms with Crippen LogP contribution in [0.15, 0.2) is 53.5 Å². The highest BCUT2D eigenvalue weighted by atomic mass is 127. The Morgan fingerprint density at radius 3 is 2.43 bits per heavy atom. The van der Waals surface area contributed by atoms with E-state index in [9.17, 15) is 18.3 Å². The second-order valence-electron chi connectivity index (χ2n) is 6.26. The predicted molar refractivity (Wildman–Crippen MR) is 116 cm³/mol. The van der Waals surface area contributed by atoms with Gasteiger partial charge in [-0.25, -0.2) is 0 Å². The number of aromatic hydroxyl groups is 1. The fraction of sp³-hybridized carbons (Fsp3) is 0.350. The number of aliphatic imine (C=N–C) groups is 1. The quantitative estimate of drug-likeness (QED) is 0.226. The average Bonchev–Trinajstić information content (AvgIpc) is 2.65. The van der Waals surface area contributed by atoms with Crippen LogP contribution in [0.25, 0.3) is 0 Å². The van der Waals surface area contributed by atoms with Crippen LogP contribution < -0.4 is 10.6 Å². The molecular formula is C20H25F3IN3O. The van der Waals surface area contributed by atoms with Gasteiger partial charge in [0.2, 0.25) is 0 Å². The van der Waals surface area contributed by atoms with Crippen molar-refractivity contribution in [2.75, 3.05) is 13.6 Å². The summed E-state index contributed by atoms with van der Waals surface area (Å²) in [5.41, 5.74) is 0.997. The molecule has 0 aliphatic heterocycles. The van der Waals surface area contributed by atoms with Crippen molar-refractivity contribution in [1.29, 1.82) is 0 Å². The largest absolute Gasteiger partial charge is 0.508 e. The molecule has 0 fully saturated rings. The molecule has 0 amide bonds. The Balaban J connectivity index is 0.00000392. The summed E-state index contributed by atoms with van der Waals surface area (Å²) in [4.78, 5) is 4.12. The molecule has 0 aliphatic carbocycles. The summed E-state index contributed by atoms with van der Waals surface area (Å²) >= 11 is 0. The Bertz CT molecular complexity index is 764. The lowest BCUT2D eigenvalue weighted by molar-refractivity contribution is -0.137. The molecule has 1 unspecified atom stereocenters. The van der Waals surface area contributed by atoms with Crippen molar-refractivity contribution in [1.82, 2.24) is 10.6 Å². The average molecular weight is 507 g/mol. The molecule has 0 saturated heterocycles. The number of benzene rings is 2. The van der Waals surface area contributed by atoms with E-state index < -0.39 is 11.7 Å². The van der Waals surface area contributed by atoms with E-state index in [0.29, 0.717) is 18.1 Å². The fourth-order valence-electron chi connectivity index (χ4n) is 2.63. The van der Waals surface area contributed by atoms with Crippen molar-refractivity contribution >= 4 is 29.9 Å². The van der Waals surface area contributed by atoms with Gasteiger partial charge in [0.05, 0.1) is 11.6 Å². The van der Waals surface area contributed by atoms with Crippen LogP contribution in [0.4, 0.5) is 13.2 Å². The molecule has 0 heterocycles. The number of rotatable bonds is 6. The highest BCUT2D eigenvalue weighted by Crippen LogP contribution is 2.30. The maximum atomic E-state index is 12.9. The molecule has 0 bridgehead atoms. The Hall–Kier alpha value is -1.97. The molecule has 4 nitrogen and oxygen atoms in total.